The molecule has 0 bridgehead atoms. The molecule has 1 aromatic carbocycles. The number of benzene rings is 1. The summed E-state index contributed by atoms with van der Waals surface area (Å²) >= 11 is 5.56. The Labute approximate surface area is 109 Å². The van der Waals surface area contributed by atoms with Crippen LogP contribution in [0.5, 0.6) is 0 Å². The van der Waals surface area contributed by atoms with E-state index in [4.69, 9.17) is 10.3 Å². The number of hydrogen-bond donors (Lipinski definition) is 1. The van der Waals surface area contributed by atoms with Crippen molar-refractivity contribution in [1.29, 1.82) is 0 Å². The number of nitrogens with zero attached hydrogens (tertiary/aromatic N) is 1. The first-order valence-electron chi connectivity index (χ1n) is 4.26. The van der Waals surface area contributed by atoms with Gasteiger partial charge in [0.15, 0.2) is 11.6 Å². The monoisotopic (exact) mass is 378 g/mol. The van der Waals surface area contributed by atoms with Gasteiger partial charge in [-0.25, -0.2) is 0 Å². The third-order valence-corrected chi connectivity index (χ3v) is 3.63. The molecule has 2 rings (SSSR count). The molecule has 5 heteroatoms. The smallest absolute Gasteiger partial charge is 0.182 e. The van der Waals surface area contributed by atoms with Crippen LogP contribution in [0.15, 0.2) is 27.2 Å². The molecule has 0 amide bonds. The molecule has 0 radical (unpaired) electrons. The fourth-order valence-electron chi connectivity index (χ4n) is 1.34. The Morgan fingerprint density at radius 2 is 2.20 bits per heavy atom. The predicted molar refractivity (Wildman–Crippen MR) is 71.5 cm³/mol. The molecule has 0 aliphatic rings. The molecule has 0 aliphatic heterocycles. The van der Waals surface area contributed by atoms with E-state index in [2.05, 4.69) is 43.7 Å². The van der Waals surface area contributed by atoms with Crippen LogP contribution in [0, 0.1) is 10.5 Å². The van der Waals surface area contributed by atoms with Gasteiger partial charge in [0.1, 0.15) is 3.57 Å². The highest BCUT2D eigenvalue weighted by molar-refractivity contribution is 14.1. The standard InChI is InChI=1S/C10H8BrIN2O/c1-5-4-6(11)2-3-7(5)9-8(12)10(13)14-15-9/h2-4H,1H3,(H2,13,14). The van der Waals surface area contributed by atoms with Crippen molar-refractivity contribution >= 4 is 44.3 Å². The summed E-state index contributed by atoms with van der Waals surface area (Å²) in [4.78, 5) is 0. The van der Waals surface area contributed by atoms with E-state index in [0.29, 0.717) is 5.82 Å². The number of hydrogen-bond acceptors (Lipinski definition) is 3. The third kappa shape index (κ3) is 2.03. The van der Waals surface area contributed by atoms with Crippen LogP contribution in [0.4, 0.5) is 5.82 Å². The van der Waals surface area contributed by atoms with Gasteiger partial charge in [0.05, 0.1) is 0 Å². The van der Waals surface area contributed by atoms with Crippen LogP contribution in [-0.2, 0) is 0 Å². The van der Waals surface area contributed by atoms with Crippen LogP contribution in [0.25, 0.3) is 11.3 Å². The molecule has 0 fully saturated rings. The lowest BCUT2D eigenvalue weighted by atomic mass is 10.1. The number of anilines is 1. The lowest BCUT2D eigenvalue weighted by Gasteiger charge is -2.02. The zero-order valence-electron chi connectivity index (χ0n) is 7.92. The highest BCUT2D eigenvalue weighted by atomic mass is 127. The second-order valence-corrected chi connectivity index (χ2v) is 5.16. The number of nitrogens with two attached hydrogens (primary N) is 1. The van der Waals surface area contributed by atoms with Crippen LogP contribution in [-0.4, -0.2) is 5.16 Å². The summed E-state index contributed by atoms with van der Waals surface area (Å²) in [5.74, 6) is 1.17. The van der Waals surface area contributed by atoms with Crippen molar-refractivity contribution in [1.82, 2.24) is 5.16 Å². The quantitative estimate of drug-likeness (QED) is 0.771. The molecule has 2 aromatic rings. The van der Waals surface area contributed by atoms with Gasteiger partial charge in [0.2, 0.25) is 0 Å². The number of nitrogen functional groups attached to an aromatic ring is 1. The molecule has 0 spiro atoms. The average Bonchev–Trinajstić information content (AvgIpc) is 2.49. The van der Waals surface area contributed by atoms with E-state index in [9.17, 15) is 0 Å². The molecule has 0 atom stereocenters. The maximum Gasteiger partial charge on any atom is 0.182 e. The maximum absolute atomic E-state index is 5.64. The number of aryl methyl sites for hydroxylation is 1. The Bertz CT molecular complexity index is 510. The van der Waals surface area contributed by atoms with Crippen LogP contribution in [0.2, 0.25) is 0 Å². The average molecular weight is 379 g/mol. The Hall–Kier alpha value is -0.560. The molecule has 0 unspecified atom stereocenters. The van der Waals surface area contributed by atoms with Gasteiger partial charge in [-0.3, -0.25) is 0 Å². The molecule has 1 heterocycles. The highest BCUT2D eigenvalue weighted by Gasteiger charge is 2.14. The SMILES string of the molecule is Cc1cc(Br)ccc1-c1onc(N)c1I. The Morgan fingerprint density at radius 1 is 1.47 bits per heavy atom. The molecule has 1 aromatic heterocycles. The van der Waals surface area contributed by atoms with Crippen LogP contribution in [0.1, 0.15) is 5.56 Å². The zero-order valence-corrected chi connectivity index (χ0v) is 11.7. The Balaban J connectivity index is 2.59. The zero-order chi connectivity index (χ0) is 11.0. The van der Waals surface area contributed by atoms with E-state index >= 15 is 0 Å². The van der Waals surface area contributed by atoms with E-state index in [1.807, 2.05) is 25.1 Å². The van der Waals surface area contributed by atoms with Crippen molar-refractivity contribution < 1.29 is 4.52 Å². The van der Waals surface area contributed by atoms with Crippen LogP contribution < -0.4 is 5.73 Å². The minimum atomic E-state index is 0.438. The van der Waals surface area contributed by atoms with Gasteiger partial charge in [-0.1, -0.05) is 21.1 Å². The predicted octanol–water partition coefficient (Wildman–Crippen LogP) is 3.60. The number of halogens is 2. The van der Waals surface area contributed by atoms with Crippen molar-refractivity contribution in [2.75, 3.05) is 5.73 Å². The van der Waals surface area contributed by atoms with E-state index in [0.717, 1.165) is 24.9 Å². The minimum absolute atomic E-state index is 0.438. The van der Waals surface area contributed by atoms with Crippen molar-refractivity contribution in [3.8, 4) is 11.3 Å². The van der Waals surface area contributed by atoms with Crippen LogP contribution >= 0.6 is 38.5 Å². The van der Waals surface area contributed by atoms with E-state index in [1.54, 1.807) is 0 Å². The van der Waals surface area contributed by atoms with Gasteiger partial charge in [-0.15, -0.1) is 0 Å². The van der Waals surface area contributed by atoms with E-state index < -0.39 is 0 Å². The van der Waals surface area contributed by atoms with Crippen molar-refractivity contribution in [2.45, 2.75) is 6.92 Å². The van der Waals surface area contributed by atoms with Gasteiger partial charge in [0, 0.05) is 10.0 Å². The lowest BCUT2D eigenvalue weighted by Crippen LogP contribution is -1.87. The first kappa shape index (κ1) is 10.9. The van der Waals surface area contributed by atoms with Crippen LogP contribution in [0.3, 0.4) is 0 Å². The van der Waals surface area contributed by atoms with Crippen molar-refractivity contribution in [3.05, 3.63) is 31.8 Å². The summed E-state index contributed by atoms with van der Waals surface area (Å²) in [6.07, 6.45) is 0. The largest absolute Gasteiger partial charge is 0.380 e. The lowest BCUT2D eigenvalue weighted by molar-refractivity contribution is 0.435. The molecule has 0 saturated heterocycles. The molecular formula is C10H8BrIN2O. The van der Waals surface area contributed by atoms with E-state index in [1.165, 1.54) is 0 Å². The molecule has 3 nitrogen and oxygen atoms in total. The highest BCUT2D eigenvalue weighted by Crippen LogP contribution is 2.32. The number of rotatable bonds is 1. The van der Waals surface area contributed by atoms with Crippen molar-refractivity contribution in [2.24, 2.45) is 0 Å². The first-order chi connectivity index (χ1) is 7.09. The second kappa shape index (κ2) is 4.13. The summed E-state index contributed by atoms with van der Waals surface area (Å²) in [6.45, 7) is 2.02. The maximum atomic E-state index is 5.64. The number of aromatic nitrogens is 1. The summed E-state index contributed by atoms with van der Waals surface area (Å²) < 4.78 is 7.11. The Morgan fingerprint density at radius 3 is 2.73 bits per heavy atom. The fourth-order valence-corrected chi connectivity index (χ4v) is 2.30. The molecule has 0 saturated carbocycles. The van der Waals surface area contributed by atoms with E-state index in [-0.39, 0.29) is 0 Å². The summed E-state index contributed by atoms with van der Waals surface area (Å²) in [5, 5.41) is 3.74. The van der Waals surface area contributed by atoms with Gasteiger partial charge in [0.25, 0.3) is 0 Å². The van der Waals surface area contributed by atoms with Gasteiger partial charge in [-0.2, -0.15) is 0 Å². The second-order valence-electron chi connectivity index (χ2n) is 3.17. The summed E-state index contributed by atoms with van der Waals surface area (Å²) in [7, 11) is 0. The molecule has 15 heavy (non-hydrogen) atoms. The fraction of sp³-hybridized carbons (Fsp3) is 0.100. The molecule has 0 aliphatic carbocycles. The van der Waals surface area contributed by atoms with Gasteiger partial charge in [-0.05, 0) is 53.3 Å². The molecular weight excluding hydrogens is 371 g/mol. The van der Waals surface area contributed by atoms with Gasteiger partial charge >= 0.3 is 0 Å². The minimum Gasteiger partial charge on any atom is -0.380 e. The first-order valence-corrected chi connectivity index (χ1v) is 6.14. The molecule has 2 N–H and O–H groups in total. The summed E-state index contributed by atoms with van der Waals surface area (Å²) in [5.41, 5.74) is 7.78. The van der Waals surface area contributed by atoms with Crippen molar-refractivity contribution in [3.63, 3.8) is 0 Å². The topological polar surface area (TPSA) is 52.0 Å². The Kier molecular flexibility index (Phi) is 3.01. The van der Waals surface area contributed by atoms with Gasteiger partial charge < -0.3 is 10.3 Å². The summed E-state index contributed by atoms with van der Waals surface area (Å²) in [6, 6.07) is 5.99. The molecule has 78 valence electrons. The normalized spacial score (nSPS) is 10.6. The third-order valence-electron chi connectivity index (χ3n) is 2.09.